The summed E-state index contributed by atoms with van der Waals surface area (Å²) in [4.78, 5) is 4.46. The molecule has 0 saturated heterocycles. The van der Waals surface area contributed by atoms with Crippen molar-refractivity contribution in [1.82, 2.24) is 14.9 Å². The second-order valence-corrected chi connectivity index (χ2v) is 6.75. The van der Waals surface area contributed by atoms with Crippen molar-refractivity contribution in [3.8, 4) is 0 Å². The van der Waals surface area contributed by atoms with Crippen LogP contribution in [0.4, 0.5) is 0 Å². The average molecular weight is 293 g/mol. The molecule has 0 radical (unpaired) electrons. The van der Waals surface area contributed by atoms with Crippen molar-refractivity contribution in [2.45, 2.75) is 70.9 Å². The van der Waals surface area contributed by atoms with E-state index < -0.39 is 0 Å². The number of nitrogens with zero attached hydrogens (tertiary/aromatic N) is 2. The average Bonchev–Trinajstić information content (AvgIpc) is 3.10. The molecule has 0 bridgehead atoms. The SMILES string of the molecule is CCCNC1(CO)CCCC1CCn1ccnc1C(C)C. The Hall–Kier alpha value is -0.870. The molecule has 0 spiro atoms. The molecule has 1 saturated carbocycles. The predicted octanol–water partition coefficient (Wildman–Crippen LogP) is 2.93. The van der Waals surface area contributed by atoms with E-state index in [1.165, 1.54) is 18.7 Å². The zero-order valence-electron chi connectivity index (χ0n) is 13.8. The van der Waals surface area contributed by atoms with Crippen LogP contribution in [-0.4, -0.2) is 33.3 Å². The number of nitrogens with one attached hydrogen (secondary N) is 1. The number of aliphatic hydroxyl groups is 1. The highest BCUT2D eigenvalue weighted by Gasteiger charge is 2.41. The maximum Gasteiger partial charge on any atom is 0.111 e. The normalized spacial score (nSPS) is 25.9. The molecule has 1 heterocycles. The second-order valence-electron chi connectivity index (χ2n) is 6.75. The topological polar surface area (TPSA) is 50.1 Å². The van der Waals surface area contributed by atoms with Gasteiger partial charge in [-0.25, -0.2) is 4.98 Å². The smallest absolute Gasteiger partial charge is 0.111 e. The van der Waals surface area contributed by atoms with Gasteiger partial charge in [0, 0.05) is 30.4 Å². The first-order chi connectivity index (χ1) is 10.1. The molecular weight excluding hydrogens is 262 g/mol. The van der Waals surface area contributed by atoms with Crippen LogP contribution in [0.15, 0.2) is 12.4 Å². The van der Waals surface area contributed by atoms with E-state index in [1.54, 1.807) is 0 Å². The highest BCUT2D eigenvalue weighted by Crippen LogP contribution is 2.38. The van der Waals surface area contributed by atoms with E-state index in [-0.39, 0.29) is 12.1 Å². The Morgan fingerprint density at radius 3 is 3.00 bits per heavy atom. The number of aryl methyl sites for hydroxylation is 1. The third kappa shape index (κ3) is 3.67. The van der Waals surface area contributed by atoms with E-state index in [2.05, 4.69) is 41.8 Å². The van der Waals surface area contributed by atoms with Gasteiger partial charge in [0.05, 0.1) is 6.61 Å². The van der Waals surface area contributed by atoms with E-state index in [0.717, 1.165) is 32.4 Å². The van der Waals surface area contributed by atoms with Crippen LogP contribution in [0.25, 0.3) is 0 Å². The fourth-order valence-corrected chi connectivity index (χ4v) is 3.74. The molecule has 21 heavy (non-hydrogen) atoms. The van der Waals surface area contributed by atoms with E-state index >= 15 is 0 Å². The number of hydrogen-bond acceptors (Lipinski definition) is 3. The largest absolute Gasteiger partial charge is 0.394 e. The minimum atomic E-state index is -0.0470. The van der Waals surface area contributed by atoms with Crippen LogP contribution in [0.1, 0.15) is 64.6 Å². The van der Waals surface area contributed by atoms with Crippen LogP contribution < -0.4 is 5.32 Å². The van der Waals surface area contributed by atoms with Gasteiger partial charge in [-0.15, -0.1) is 0 Å². The molecule has 1 aromatic heterocycles. The monoisotopic (exact) mass is 293 g/mol. The predicted molar refractivity (Wildman–Crippen MR) is 86.4 cm³/mol. The van der Waals surface area contributed by atoms with Gasteiger partial charge in [-0.2, -0.15) is 0 Å². The van der Waals surface area contributed by atoms with Crippen LogP contribution >= 0.6 is 0 Å². The van der Waals surface area contributed by atoms with Gasteiger partial charge in [0.15, 0.2) is 0 Å². The number of aliphatic hydroxyl groups excluding tert-OH is 1. The van der Waals surface area contributed by atoms with Crippen LogP contribution in [0.2, 0.25) is 0 Å². The van der Waals surface area contributed by atoms with Gasteiger partial charge >= 0.3 is 0 Å². The Labute approximate surface area is 129 Å². The Morgan fingerprint density at radius 2 is 2.33 bits per heavy atom. The molecule has 2 rings (SSSR count). The summed E-state index contributed by atoms with van der Waals surface area (Å²) in [5, 5.41) is 13.6. The Morgan fingerprint density at radius 1 is 1.52 bits per heavy atom. The first kappa shape index (κ1) is 16.5. The van der Waals surface area contributed by atoms with Crippen molar-refractivity contribution in [3.63, 3.8) is 0 Å². The lowest BCUT2D eigenvalue weighted by Gasteiger charge is -2.35. The molecule has 4 heteroatoms. The third-order valence-electron chi connectivity index (χ3n) is 4.95. The molecule has 4 nitrogen and oxygen atoms in total. The highest BCUT2D eigenvalue weighted by atomic mass is 16.3. The molecular formula is C17H31N3O. The van der Waals surface area contributed by atoms with Crippen molar-refractivity contribution in [1.29, 1.82) is 0 Å². The summed E-state index contributed by atoms with van der Waals surface area (Å²) in [6, 6.07) is 0. The molecule has 1 fully saturated rings. The third-order valence-corrected chi connectivity index (χ3v) is 4.95. The zero-order chi connectivity index (χ0) is 15.3. The summed E-state index contributed by atoms with van der Waals surface area (Å²) in [6.45, 7) is 8.83. The minimum Gasteiger partial charge on any atom is -0.394 e. The number of rotatable bonds is 8. The van der Waals surface area contributed by atoms with E-state index in [4.69, 9.17) is 0 Å². The van der Waals surface area contributed by atoms with Gasteiger partial charge in [-0.05, 0) is 38.1 Å². The lowest BCUT2D eigenvalue weighted by Crippen LogP contribution is -2.51. The van der Waals surface area contributed by atoms with E-state index in [0.29, 0.717) is 11.8 Å². The van der Waals surface area contributed by atoms with Gasteiger partial charge < -0.3 is 15.0 Å². The van der Waals surface area contributed by atoms with Gasteiger partial charge in [0.1, 0.15) is 5.82 Å². The molecule has 0 aliphatic heterocycles. The van der Waals surface area contributed by atoms with Crippen molar-refractivity contribution >= 4 is 0 Å². The summed E-state index contributed by atoms with van der Waals surface area (Å²) in [5.74, 6) is 2.20. The zero-order valence-corrected chi connectivity index (χ0v) is 13.8. The molecule has 120 valence electrons. The lowest BCUT2D eigenvalue weighted by molar-refractivity contribution is 0.117. The quantitative estimate of drug-likeness (QED) is 0.775. The summed E-state index contributed by atoms with van der Waals surface area (Å²) in [7, 11) is 0. The van der Waals surface area contributed by atoms with Crippen molar-refractivity contribution in [3.05, 3.63) is 18.2 Å². The standard InChI is InChI=1S/C17H31N3O/c1-4-9-19-17(13-21)8-5-6-15(17)7-11-20-12-10-18-16(20)14(2)3/h10,12,14-15,19,21H,4-9,11,13H2,1-3H3. The number of hydrogen-bond donors (Lipinski definition) is 2. The second kappa shape index (κ2) is 7.41. The fraction of sp³-hybridized carbons (Fsp3) is 0.824. The number of aromatic nitrogens is 2. The summed E-state index contributed by atoms with van der Waals surface area (Å²) >= 11 is 0. The summed E-state index contributed by atoms with van der Waals surface area (Å²) < 4.78 is 2.28. The van der Waals surface area contributed by atoms with Crippen LogP contribution in [-0.2, 0) is 6.54 Å². The van der Waals surface area contributed by atoms with Gasteiger partial charge in [-0.3, -0.25) is 0 Å². The molecule has 1 aliphatic carbocycles. The molecule has 1 aromatic rings. The summed E-state index contributed by atoms with van der Waals surface area (Å²) in [6.07, 6.45) is 9.78. The van der Waals surface area contributed by atoms with Crippen molar-refractivity contribution in [2.75, 3.05) is 13.2 Å². The molecule has 2 atom stereocenters. The number of imidazole rings is 1. The first-order valence-electron chi connectivity index (χ1n) is 8.50. The Balaban J connectivity index is 1.99. The Bertz CT molecular complexity index is 429. The van der Waals surface area contributed by atoms with Crippen molar-refractivity contribution < 1.29 is 5.11 Å². The van der Waals surface area contributed by atoms with Gasteiger partial charge in [0.25, 0.3) is 0 Å². The van der Waals surface area contributed by atoms with Crippen LogP contribution in [0.5, 0.6) is 0 Å². The van der Waals surface area contributed by atoms with Gasteiger partial charge in [0.2, 0.25) is 0 Å². The van der Waals surface area contributed by atoms with E-state index in [1.807, 2.05) is 6.20 Å². The van der Waals surface area contributed by atoms with E-state index in [9.17, 15) is 5.11 Å². The molecule has 0 aromatic carbocycles. The lowest BCUT2D eigenvalue weighted by atomic mass is 9.85. The fourth-order valence-electron chi connectivity index (χ4n) is 3.74. The highest BCUT2D eigenvalue weighted by molar-refractivity contribution is 5.01. The summed E-state index contributed by atoms with van der Waals surface area (Å²) in [5.41, 5.74) is -0.0470. The van der Waals surface area contributed by atoms with Gasteiger partial charge in [-0.1, -0.05) is 27.2 Å². The first-order valence-corrected chi connectivity index (χ1v) is 8.50. The van der Waals surface area contributed by atoms with Crippen molar-refractivity contribution in [2.24, 2.45) is 5.92 Å². The molecule has 2 unspecified atom stereocenters. The van der Waals surface area contributed by atoms with Crippen LogP contribution in [0.3, 0.4) is 0 Å². The minimum absolute atomic E-state index is 0.0470. The Kier molecular flexibility index (Phi) is 5.82. The molecule has 1 aliphatic rings. The molecule has 2 N–H and O–H groups in total. The maximum atomic E-state index is 9.93. The van der Waals surface area contributed by atoms with Crippen LogP contribution in [0, 0.1) is 5.92 Å². The molecule has 0 amide bonds. The maximum absolute atomic E-state index is 9.93.